The van der Waals surface area contributed by atoms with E-state index in [1.165, 1.54) is 5.56 Å². The van der Waals surface area contributed by atoms with Crippen molar-refractivity contribution >= 4 is 50.7 Å². The Balaban J connectivity index is 0.857. The molecule has 0 spiro atoms. The number of aromatic nitrogens is 3. The third-order valence-electron chi connectivity index (χ3n) is 9.78. The van der Waals surface area contributed by atoms with Gasteiger partial charge in [-0.3, -0.25) is 9.59 Å². The van der Waals surface area contributed by atoms with E-state index in [4.69, 9.17) is 15.6 Å². The zero-order chi connectivity index (χ0) is 34.9. The second-order valence-corrected chi connectivity index (χ2v) is 13.1. The second kappa shape index (κ2) is 13.6. The monoisotopic (exact) mass is 679 g/mol. The molecule has 2 aromatic heterocycles. The van der Waals surface area contributed by atoms with Crippen LogP contribution in [0, 0.1) is 0 Å². The highest BCUT2D eigenvalue weighted by molar-refractivity contribution is 6.58. The SMILES string of the molecule is NC(=O)c1cccc2cn(-c3ccc([C@@H]4CCCN(C(=O)CCCCO/N=C5/C(c6c(O)[nH]c7ccccc67)=Nc6ccccc65)C4)cc3)nc12. The maximum absolute atomic E-state index is 13.2. The van der Waals surface area contributed by atoms with Crippen molar-refractivity contribution in [3.63, 3.8) is 0 Å². The number of primary amides is 1. The molecule has 256 valence electrons. The maximum atomic E-state index is 13.2. The van der Waals surface area contributed by atoms with Crippen molar-refractivity contribution in [2.45, 2.75) is 38.0 Å². The number of H-pyrrole nitrogens is 1. The molecule has 4 N–H and O–H groups in total. The Morgan fingerprint density at radius 2 is 1.80 bits per heavy atom. The number of oxime groups is 1. The Morgan fingerprint density at radius 3 is 2.67 bits per heavy atom. The van der Waals surface area contributed by atoms with Gasteiger partial charge in [-0.15, -0.1) is 0 Å². The number of hydrogen-bond donors (Lipinski definition) is 3. The minimum absolute atomic E-state index is 0.0373. The third kappa shape index (κ3) is 6.22. The summed E-state index contributed by atoms with van der Waals surface area (Å²) in [5.41, 5.74) is 12.8. The molecule has 0 bridgehead atoms. The lowest BCUT2D eigenvalue weighted by Crippen LogP contribution is -2.39. The summed E-state index contributed by atoms with van der Waals surface area (Å²) in [4.78, 5) is 40.7. The lowest BCUT2D eigenvalue weighted by molar-refractivity contribution is -0.132. The van der Waals surface area contributed by atoms with Gasteiger partial charge >= 0.3 is 0 Å². The predicted molar refractivity (Wildman–Crippen MR) is 197 cm³/mol. The summed E-state index contributed by atoms with van der Waals surface area (Å²) in [6, 6.07) is 29.1. The number of nitrogens with one attached hydrogen (secondary N) is 1. The molecule has 0 radical (unpaired) electrons. The summed E-state index contributed by atoms with van der Waals surface area (Å²) in [5.74, 6) is -0.0446. The molecule has 6 aromatic rings. The van der Waals surface area contributed by atoms with Crippen molar-refractivity contribution in [3.8, 4) is 11.6 Å². The summed E-state index contributed by atoms with van der Waals surface area (Å²) in [5, 5.41) is 21.6. The molecule has 1 fully saturated rings. The molecule has 51 heavy (non-hydrogen) atoms. The summed E-state index contributed by atoms with van der Waals surface area (Å²) < 4.78 is 1.76. The molecule has 0 unspecified atom stereocenters. The van der Waals surface area contributed by atoms with Crippen molar-refractivity contribution in [2.24, 2.45) is 15.9 Å². The normalized spacial score (nSPS) is 16.5. The van der Waals surface area contributed by atoms with Crippen LogP contribution >= 0.6 is 0 Å². The molecule has 11 nitrogen and oxygen atoms in total. The quantitative estimate of drug-likeness (QED) is 0.108. The van der Waals surface area contributed by atoms with Crippen LogP contribution in [0.4, 0.5) is 5.69 Å². The number of fused-ring (bicyclic) bond motifs is 3. The summed E-state index contributed by atoms with van der Waals surface area (Å²) >= 11 is 0. The van der Waals surface area contributed by atoms with Gasteiger partial charge in [-0.2, -0.15) is 5.10 Å². The number of piperidine rings is 1. The highest BCUT2D eigenvalue weighted by atomic mass is 16.6. The number of rotatable bonds is 10. The molecule has 1 atom stereocenters. The topological polar surface area (TPSA) is 151 Å². The van der Waals surface area contributed by atoms with E-state index in [0.717, 1.165) is 52.6 Å². The first-order chi connectivity index (χ1) is 24.9. The second-order valence-electron chi connectivity index (χ2n) is 13.1. The van der Waals surface area contributed by atoms with Crippen LogP contribution in [0.25, 0.3) is 27.5 Å². The average Bonchev–Trinajstić information content (AvgIpc) is 3.85. The fourth-order valence-electron chi connectivity index (χ4n) is 7.17. The van der Waals surface area contributed by atoms with Gasteiger partial charge in [0, 0.05) is 53.5 Å². The fourth-order valence-corrected chi connectivity index (χ4v) is 7.17. The minimum atomic E-state index is -0.499. The van der Waals surface area contributed by atoms with Crippen molar-refractivity contribution in [1.82, 2.24) is 19.7 Å². The van der Waals surface area contributed by atoms with Crippen molar-refractivity contribution in [3.05, 3.63) is 119 Å². The minimum Gasteiger partial charge on any atom is -0.494 e. The van der Waals surface area contributed by atoms with Gasteiger partial charge in [0.05, 0.1) is 22.5 Å². The number of para-hydroxylation sites is 2. The molecule has 2 amide bonds. The first-order valence-corrected chi connectivity index (χ1v) is 17.3. The molecule has 0 aliphatic carbocycles. The van der Waals surface area contributed by atoms with Crippen LogP contribution in [0.1, 0.15) is 65.1 Å². The Labute approximate surface area is 294 Å². The van der Waals surface area contributed by atoms with Gasteiger partial charge < -0.3 is 25.6 Å². The largest absolute Gasteiger partial charge is 0.494 e. The first-order valence-electron chi connectivity index (χ1n) is 17.3. The van der Waals surface area contributed by atoms with Crippen LogP contribution in [0.3, 0.4) is 0 Å². The number of nitrogens with zero attached hydrogens (tertiary/aromatic N) is 5. The van der Waals surface area contributed by atoms with E-state index in [9.17, 15) is 14.7 Å². The van der Waals surface area contributed by atoms with Crippen LogP contribution in [0.15, 0.2) is 107 Å². The van der Waals surface area contributed by atoms with Crippen LogP contribution in [-0.2, 0) is 9.63 Å². The zero-order valence-electron chi connectivity index (χ0n) is 28.0. The van der Waals surface area contributed by atoms with Crippen LogP contribution in [0.5, 0.6) is 5.88 Å². The van der Waals surface area contributed by atoms with Crippen LogP contribution in [0.2, 0.25) is 0 Å². The number of amides is 2. The molecular formula is C40H37N7O4. The highest BCUT2D eigenvalue weighted by Gasteiger charge is 2.29. The van der Waals surface area contributed by atoms with Crippen LogP contribution < -0.4 is 5.73 Å². The molecule has 4 aromatic carbocycles. The molecule has 2 aliphatic rings. The molecule has 0 saturated carbocycles. The Kier molecular flexibility index (Phi) is 8.52. The van der Waals surface area contributed by atoms with Crippen LogP contribution in [-0.4, -0.2) is 67.7 Å². The Bertz CT molecular complexity index is 2340. The maximum Gasteiger partial charge on any atom is 0.250 e. The Morgan fingerprint density at radius 1 is 0.980 bits per heavy atom. The van der Waals surface area contributed by atoms with E-state index in [1.807, 2.05) is 77.8 Å². The molecule has 2 aliphatic heterocycles. The molecular weight excluding hydrogens is 642 g/mol. The number of nitrogens with two attached hydrogens (primary N) is 1. The van der Waals surface area contributed by atoms with Gasteiger partial charge in [0.1, 0.15) is 23.5 Å². The van der Waals surface area contributed by atoms with E-state index in [0.29, 0.717) is 60.5 Å². The number of hydrogen-bond acceptors (Lipinski definition) is 7. The standard InChI is InChI=1S/C40H37N7O4/c41-39(49)31-13-7-9-27-24-47(44-36(27)31)28-19-17-25(18-20-28)26-10-8-21-46(23-26)34(48)16-5-6-22-51-45-37-30-12-2-4-15-33(30)42-38(37)35-29-11-1-3-14-32(29)43-40(35)50/h1-4,7,9,11-15,17-20,24,26,43,50H,5-6,8,10,16,21-23H2,(H2,41,49)/b45-37+/t26-/m1/s1. The summed E-state index contributed by atoms with van der Waals surface area (Å²) in [6.07, 6.45) is 5.69. The van der Waals surface area contributed by atoms with Crippen molar-refractivity contribution in [1.29, 1.82) is 0 Å². The van der Waals surface area contributed by atoms with E-state index < -0.39 is 5.91 Å². The van der Waals surface area contributed by atoms with Gasteiger partial charge in [-0.25, -0.2) is 9.67 Å². The van der Waals surface area contributed by atoms with E-state index in [1.54, 1.807) is 16.8 Å². The number of carbonyl (C=O) groups is 2. The van der Waals surface area contributed by atoms with Crippen molar-refractivity contribution < 1.29 is 19.5 Å². The van der Waals surface area contributed by atoms with Gasteiger partial charge in [-0.05, 0) is 61.6 Å². The predicted octanol–water partition coefficient (Wildman–Crippen LogP) is 6.74. The van der Waals surface area contributed by atoms with Gasteiger partial charge in [0.15, 0.2) is 5.88 Å². The number of unbranched alkanes of at least 4 members (excludes halogenated alkanes) is 1. The first kappa shape index (κ1) is 32.0. The zero-order valence-corrected chi connectivity index (χ0v) is 28.0. The lowest BCUT2D eigenvalue weighted by Gasteiger charge is -2.33. The van der Waals surface area contributed by atoms with Gasteiger partial charge in [0.2, 0.25) is 5.91 Å². The van der Waals surface area contributed by atoms with E-state index in [2.05, 4.69) is 27.4 Å². The molecule has 11 heteroatoms. The molecule has 4 heterocycles. The number of benzene rings is 4. The Hall–Kier alpha value is -6.23. The van der Waals surface area contributed by atoms with Gasteiger partial charge in [-0.1, -0.05) is 65.8 Å². The number of aromatic hydroxyl groups is 1. The number of aliphatic imine (C=N–C) groups is 1. The summed E-state index contributed by atoms with van der Waals surface area (Å²) in [7, 11) is 0. The lowest BCUT2D eigenvalue weighted by atomic mass is 9.90. The number of likely N-dealkylation sites (tertiary alicyclic amines) is 1. The molecule has 8 rings (SSSR count). The van der Waals surface area contributed by atoms with Crippen molar-refractivity contribution in [2.75, 3.05) is 19.7 Å². The smallest absolute Gasteiger partial charge is 0.250 e. The third-order valence-corrected chi connectivity index (χ3v) is 9.78. The average molecular weight is 680 g/mol. The summed E-state index contributed by atoms with van der Waals surface area (Å²) in [6.45, 7) is 1.82. The van der Waals surface area contributed by atoms with E-state index >= 15 is 0 Å². The molecule has 1 saturated heterocycles. The number of carbonyl (C=O) groups excluding carboxylic acids is 2. The van der Waals surface area contributed by atoms with Gasteiger partial charge in [0.25, 0.3) is 5.91 Å². The van der Waals surface area contributed by atoms with E-state index in [-0.39, 0.29) is 17.7 Å². The fraction of sp³-hybridized carbons (Fsp3) is 0.225. The highest BCUT2D eigenvalue weighted by Crippen LogP contribution is 2.36. The number of aromatic amines is 1.